The molecular formula is C26H25FN2O2. The van der Waals surface area contributed by atoms with Gasteiger partial charge in [0.2, 0.25) is 0 Å². The summed E-state index contributed by atoms with van der Waals surface area (Å²) in [5.41, 5.74) is 5.92. The maximum absolute atomic E-state index is 13.7. The van der Waals surface area contributed by atoms with Crippen molar-refractivity contribution in [1.29, 1.82) is 0 Å². The van der Waals surface area contributed by atoms with E-state index in [1.54, 1.807) is 10.6 Å². The Hall–Kier alpha value is -3.44. The van der Waals surface area contributed by atoms with Gasteiger partial charge in [0.15, 0.2) is 0 Å². The normalized spacial score (nSPS) is 11.2. The number of halogens is 1. The number of aromatic carboxylic acids is 1. The van der Waals surface area contributed by atoms with Gasteiger partial charge in [0.25, 0.3) is 0 Å². The summed E-state index contributed by atoms with van der Waals surface area (Å²) in [4.78, 5) is 12.3. The van der Waals surface area contributed by atoms with Crippen LogP contribution in [0.25, 0.3) is 10.9 Å². The monoisotopic (exact) mass is 416 g/mol. The lowest BCUT2D eigenvalue weighted by Crippen LogP contribution is -2.17. The third-order valence-electron chi connectivity index (χ3n) is 5.47. The Kier molecular flexibility index (Phi) is 5.87. The number of carboxylic acid groups (broad SMARTS) is 1. The molecule has 158 valence electrons. The summed E-state index contributed by atoms with van der Waals surface area (Å²) in [5.74, 6) is -1.32. The van der Waals surface area contributed by atoms with Crippen molar-refractivity contribution < 1.29 is 14.3 Å². The van der Waals surface area contributed by atoms with E-state index in [1.165, 1.54) is 17.7 Å². The fourth-order valence-corrected chi connectivity index (χ4v) is 4.09. The predicted octanol–water partition coefficient (Wildman–Crippen LogP) is 5.43. The first-order valence-corrected chi connectivity index (χ1v) is 10.3. The molecule has 0 fully saturated rings. The third-order valence-corrected chi connectivity index (χ3v) is 5.47. The van der Waals surface area contributed by atoms with E-state index in [4.69, 9.17) is 0 Å². The van der Waals surface area contributed by atoms with Crippen LogP contribution in [-0.4, -0.2) is 15.6 Å². The van der Waals surface area contributed by atoms with Crippen molar-refractivity contribution >= 4 is 16.9 Å². The molecule has 0 aliphatic heterocycles. The summed E-state index contributed by atoms with van der Waals surface area (Å²) in [5, 5.41) is 14.4. The molecule has 0 aliphatic carbocycles. The number of fused-ring (bicyclic) bond motifs is 1. The first-order valence-electron chi connectivity index (χ1n) is 10.3. The Balaban J connectivity index is 1.73. The number of hydrogen-bond acceptors (Lipinski definition) is 2. The number of carboxylic acids is 1. The summed E-state index contributed by atoms with van der Waals surface area (Å²) >= 11 is 0. The van der Waals surface area contributed by atoms with Crippen LogP contribution in [0, 0.1) is 19.7 Å². The molecule has 0 spiro atoms. The molecule has 1 heterocycles. The molecule has 0 radical (unpaired) electrons. The maximum Gasteiger partial charge on any atom is 0.352 e. The van der Waals surface area contributed by atoms with E-state index < -0.39 is 5.97 Å². The van der Waals surface area contributed by atoms with Crippen LogP contribution in [-0.2, 0) is 19.6 Å². The summed E-state index contributed by atoms with van der Waals surface area (Å²) < 4.78 is 15.5. The molecule has 5 heteroatoms. The third kappa shape index (κ3) is 4.52. The highest BCUT2D eigenvalue weighted by Crippen LogP contribution is 2.29. The quantitative estimate of drug-likeness (QED) is 0.422. The van der Waals surface area contributed by atoms with Gasteiger partial charge >= 0.3 is 5.97 Å². The molecule has 0 bridgehead atoms. The molecule has 31 heavy (non-hydrogen) atoms. The molecule has 0 atom stereocenters. The lowest BCUT2D eigenvalue weighted by Gasteiger charge is -2.10. The highest BCUT2D eigenvalue weighted by molar-refractivity contribution is 5.98. The van der Waals surface area contributed by atoms with E-state index in [0.29, 0.717) is 13.1 Å². The number of benzene rings is 3. The second-order valence-electron chi connectivity index (χ2n) is 7.96. The van der Waals surface area contributed by atoms with E-state index in [1.807, 2.05) is 37.3 Å². The zero-order chi connectivity index (χ0) is 22.0. The van der Waals surface area contributed by atoms with Gasteiger partial charge in [0.1, 0.15) is 11.5 Å². The first-order chi connectivity index (χ1) is 14.9. The Morgan fingerprint density at radius 3 is 2.42 bits per heavy atom. The van der Waals surface area contributed by atoms with Crippen LogP contribution in [0.5, 0.6) is 0 Å². The van der Waals surface area contributed by atoms with Gasteiger partial charge in [-0.2, -0.15) is 0 Å². The molecule has 4 nitrogen and oxygen atoms in total. The molecule has 3 aromatic carbocycles. The van der Waals surface area contributed by atoms with Crippen LogP contribution in [0.3, 0.4) is 0 Å². The molecule has 0 amide bonds. The standard InChI is InChI=1S/C26H25FN2O2/c1-17-5-3-6-19(11-17)14-28-15-23-22-10-9-18(2)12-24(22)29(25(23)26(30)31)16-20-7-4-8-21(27)13-20/h3-13,28H,14-16H2,1-2H3,(H,30,31). The number of hydrogen-bond donors (Lipinski definition) is 2. The Morgan fingerprint density at radius 1 is 0.935 bits per heavy atom. The van der Waals surface area contributed by atoms with Crippen LogP contribution in [0.4, 0.5) is 4.39 Å². The largest absolute Gasteiger partial charge is 0.477 e. The number of carbonyl (C=O) groups is 1. The van der Waals surface area contributed by atoms with Crippen molar-refractivity contribution in [2.45, 2.75) is 33.5 Å². The highest BCUT2D eigenvalue weighted by atomic mass is 19.1. The number of aromatic nitrogens is 1. The topological polar surface area (TPSA) is 54.3 Å². The van der Waals surface area contributed by atoms with Gasteiger partial charge in [-0.1, -0.05) is 54.1 Å². The molecule has 4 aromatic rings. The van der Waals surface area contributed by atoms with Crippen LogP contribution in [0.2, 0.25) is 0 Å². The van der Waals surface area contributed by atoms with Gasteiger partial charge in [-0.25, -0.2) is 9.18 Å². The van der Waals surface area contributed by atoms with Gasteiger partial charge in [-0.15, -0.1) is 0 Å². The average Bonchev–Trinajstić information content (AvgIpc) is 3.01. The van der Waals surface area contributed by atoms with Crippen LogP contribution < -0.4 is 5.32 Å². The van der Waals surface area contributed by atoms with E-state index >= 15 is 0 Å². The highest BCUT2D eigenvalue weighted by Gasteiger charge is 2.22. The summed E-state index contributed by atoms with van der Waals surface area (Å²) in [6.45, 7) is 5.38. The SMILES string of the molecule is Cc1cccc(CNCc2c(C(=O)O)n(Cc3cccc(F)c3)c3cc(C)ccc23)c1. The van der Waals surface area contributed by atoms with Crippen LogP contribution in [0.15, 0.2) is 66.7 Å². The Labute approximate surface area is 181 Å². The second kappa shape index (κ2) is 8.74. The number of rotatable bonds is 7. The van der Waals surface area contributed by atoms with Crippen molar-refractivity contribution in [3.05, 3.63) is 106 Å². The minimum atomic E-state index is -0.988. The Morgan fingerprint density at radius 2 is 1.68 bits per heavy atom. The van der Waals surface area contributed by atoms with E-state index in [2.05, 4.69) is 30.4 Å². The van der Waals surface area contributed by atoms with Gasteiger partial charge in [0, 0.05) is 36.1 Å². The number of nitrogens with zero attached hydrogens (tertiary/aromatic N) is 1. The smallest absolute Gasteiger partial charge is 0.352 e. The van der Waals surface area contributed by atoms with Crippen molar-refractivity contribution in [2.24, 2.45) is 0 Å². The number of nitrogens with one attached hydrogen (secondary N) is 1. The molecule has 2 N–H and O–H groups in total. The molecule has 0 unspecified atom stereocenters. The van der Waals surface area contributed by atoms with Gasteiger partial charge < -0.3 is 15.0 Å². The molecule has 4 rings (SSSR count). The molecule has 0 saturated carbocycles. The van der Waals surface area contributed by atoms with Crippen molar-refractivity contribution in [3.63, 3.8) is 0 Å². The molecule has 0 saturated heterocycles. The lowest BCUT2D eigenvalue weighted by molar-refractivity contribution is 0.0685. The average molecular weight is 416 g/mol. The van der Waals surface area contributed by atoms with Crippen molar-refractivity contribution in [3.8, 4) is 0 Å². The van der Waals surface area contributed by atoms with E-state index in [0.717, 1.165) is 33.2 Å². The van der Waals surface area contributed by atoms with Crippen molar-refractivity contribution in [1.82, 2.24) is 9.88 Å². The minimum Gasteiger partial charge on any atom is -0.477 e. The van der Waals surface area contributed by atoms with Crippen LogP contribution >= 0.6 is 0 Å². The molecule has 1 aromatic heterocycles. The lowest BCUT2D eigenvalue weighted by atomic mass is 10.1. The van der Waals surface area contributed by atoms with Crippen molar-refractivity contribution in [2.75, 3.05) is 0 Å². The van der Waals surface area contributed by atoms with E-state index in [9.17, 15) is 14.3 Å². The fourth-order valence-electron chi connectivity index (χ4n) is 4.09. The van der Waals surface area contributed by atoms with Gasteiger partial charge in [0.05, 0.1) is 0 Å². The molecular weight excluding hydrogens is 391 g/mol. The molecule has 0 aliphatic rings. The fraction of sp³-hybridized carbons (Fsp3) is 0.192. The van der Waals surface area contributed by atoms with Crippen LogP contribution in [0.1, 0.15) is 38.3 Å². The first kappa shape index (κ1) is 20.8. The summed E-state index contributed by atoms with van der Waals surface area (Å²) in [6.07, 6.45) is 0. The Bertz CT molecular complexity index is 1260. The number of aryl methyl sites for hydroxylation is 2. The van der Waals surface area contributed by atoms with Gasteiger partial charge in [-0.05, 0) is 48.7 Å². The maximum atomic E-state index is 13.7. The summed E-state index contributed by atoms with van der Waals surface area (Å²) in [6, 6.07) is 20.5. The van der Waals surface area contributed by atoms with E-state index in [-0.39, 0.29) is 18.1 Å². The summed E-state index contributed by atoms with van der Waals surface area (Å²) in [7, 11) is 0. The predicted molar refractivity (Wildman–Crippen MR) is 121 cm³/mol. The minimum absolute atomic E-state index is 0.238. The van der Waals surface area contributed by atoms with Gasteiger partial charge in [-0.3, -0.25) is 0 Å². The second-order valence-corrected chi connectivity index (χ2v) is 7.96. The zero-order valence-electron chi connectivity index (χ0n) is 17.7. The zero-order valence-corrected chi connectivity index (χ0v) is 17.7.